The van der Waals surface area contributed by atoms with Crippen molar-refractivity contribution in [3.63, 3.8) is 0 Å². The van der Waals surface area contributed by atoms with E-state index in [1.54, 1.807) is 0 Å². The summed E-state index contributed by atoms with van der Waals surface area (Å²) in [5, 5.41) is 6.33. The largest absolute Gasteiger partial charge is 0.352 e. The van der Waals surface area contributed by atoms with Gasteiger partial charge in [-0.05, 0) is 50.7 Å². The summed E-state index contributed by atoms with van der Waals surface area (Å²) in [6.07, 6.45) is 2.27. The van der Waals surface area contributed by atoms with Crippen molar-refractivity contribution in [3.8, 4) is 0 Å². The van der Waals surface area contributed by atoms with E-state index in [1.165, 1.54) is 17.9 Å². The van der Waals surface area contributed by atoms with Gasteiger partial charge in [-0.1, -0.05) is 6.92 Å². The second-order valence-electron chi connectivity index (χ2n) is 4.68. The fourth-order valence-electron chi connectivity index (χ4n) is 1.65. The molecule has 3 nitrogen and oxygen atoms in total. The minimum atomic E-state index is -0.0698. The lowest BCUT2D eigenvalue weighted by Crippen LogP contribution is -2.46. The summed E-state index contributed by atoms with van der Waals surface area (Å²) in [6, 6.07) is 0.207. The Morgan fingerprint density at radius 3 is 2.81 bits per heavy atom. The number of amides is 1. The second-order valence-corrected chi connectivity index (χ2v) is 5.83. The molecule has 0 aromatic rings. The Bertz CT molecular complexity index is 217. The smallest absolute Gasteiger partial charge is 0.237 e. The molecule has 4 heteroatoms. The molecule has 1 fully saturated rings. The van der Waals surface area contributed by atoms with E-state index in [9.17, 15) is 4.79 Å². The maximum absolute atomic E-state index is 11.7. The van der Waals surface area contributed by atoms with Gasteiger partial charge in [-0.15, -0.1) is 0 Å². The zero-order valence-corrected chi connectivity index (χ0v) is 11.4. The van der Waals surface area contributed by atoms with Crippen LogP contribution >= 0.6 is 11.8 Å². The van der Waals surface area contributed by atoms with Crippen LogP contribution in [0.3, 0.4) is 0 Å². The van der Waals surface area contributed by atoms with Crippen LogP contribution in [0.4, 0.5) is 0 Å². The highest BCUT2D eigenvalue weighted by atomic mass is 32.2. The Kier molecular flexibility index (Phi) is 6.21. The van der Waals surface area contributed by atoms with Gasteiger partial charge in [-0.3, -0.25) is 4.79 Å². The third-order valence-corrected chi connectivity index (χ3v) is 4.36. The lowest BCUT2D eigenvalue weighted by Gasteiger charge is -2.19. The molecule has 0 spiro atoms. The molecule has 0 aromatic carbocycles. The molecule has 1 heterocycles. The van der Waals surface area contributed by atoms with Gasteiger partial charge in [0.05, 0.1) is 6.04 Å². The zero-order chi connectivity index (χ0) is 12.0. The Morgan fingerprint density at radius 2 is 2.25 bits per heavy atom. The van der Waals surface area contributed by atoms with E-state index in [4.69, 9.17) is 0 Å². The van der Waals surface area contributed by atoms with Gasteiger partial charge in [-0.2, -0.15) is 11.8 Å². The fraction of sp³-hybridized carbons (Fsp3) is 0.917. The lowest BCUT2D eigenvalue weighted by molar-refractivity contribution is -0.123. The van der Waals surface area contributed by atoms with Crippen LogP contribution in [0.25, 0.3) is 0 Å². The highest BCUT2D eigenvalue weighted by Gasteiger charge is 2.18. The molecule has 1 amide bonds. The number of rotatable bonds is 6. The van der Waals surface area contributed by atoms with Gasteiger partial charge in [0.2, 0.25) is 5.91 Å². The summed E-state index contributed by atoms with van der Waals surface area (Å²) >= 11 is 2.02. The van der Waals surface area contributed by atoms with E-state index in [0.717, 1.165) is 18.9 Å². The minimum absolute atomic E-state index is 0.0698. The monoisotopic (exact) mass is 244 g/mol. The Morgan fingerprint density at radius 1 is 1.50 bits per heavy atom. The molecule has 94 valence electrons. The summed E-state index contributed by atoms with van der Waals surface area (Å²) in [5.74, 6) is 3.40. The number of carbonyl (C=O) groups excluding carboxylic acids is 1. The quantitative estimate of drug-likeness (QED) is 0.746. The van der Waals surface area contributed by atoms with E-state index in [-0.39, 0.29) is 18.0 Å². The average molecular weight is 244 g/mol. The normalized spacial score (nSPS) is 24.1. The summed E-state index contributed by atoms with van der Waals surface area (Å²) < 4.78 is 0. The standard InChI is InChI=1S/C12H24N2OS/c1-4-9(2)14-12(15)10(3)13-7-11-5-6-16-8-11/h9-11,13H,4-8H2,1-3H3,(H,14,15). The van der Waals surface area contributed by atoms with Gasteiger partial charge in [0.15, 0.2) is 0 Å². The molecule has 0 radical (unpaired) electrons. The van der Waals surface area contributed by atoms with Crippen molar-refractivity contribution in [2.75, 3.05) is 18.1 Å². The Labute approximate surface area is 103 Å². The minimum Gasteiger partial charge on any atom is -0.352 e. The van der Waals surface area contributed by atoms with E-state index >= 15 is 0 Å². The van der Waals surface area contributed by atoms with Gasteiger partial charge in [0, 0.05) is 6.04 Å². The zero-order valence-electron chi connectivity index (χ0n) is 10.6. The van der Waals surface area contributed by atoms with Gasteiger partial charge >= 0.3 is 0 Å². The molecule has 1 aliphatic heterocycles. The molecule has 2 N–H and O–H groups in total. The van der Waals surface area contributed by atoms with Gasteiger partial charge in [-0.25, -0.2) is 0 Å². The molecule has 0 aliphatic carbocycles. The van der Waals surface area contributed by atoms with Crippen molar-refractivity contribution < 1.29 is 4.79 Å². The topological polar surface area (TPSA) is 41.1 Å². The first kappa shape index (κ1) is 13.8. The first-order valence-corrected chi connectivity index (χ1v) is 7.40. The van der Waals surface area contributed by atoms with Crippen LogP contribution in [-0.2, 0) is 4.79 Å². The molecule has 16 heavy (non-hydrogen) atoms. The van der Waals surface area contributed by atoms with Gasteiger partial charge in [0.25, 0.3) is 0 Å². The van der Waals surface area contributed by atoms with E-state index in [1.807, 2.05) is 25.6 Å². The average Bonchev–Trinajstić information content (AvgIpc) is 2.78. The highest BCUT2D eigenvalue weighted by molar-refractivity contribution is 7.99. The van der Waals surface area contributed by atoms with Crippen LogP contribution in [0.15, 0.2) is 0 Å². The predicted molar refractivity (Wildman–Crippen MR) is 70.8 cm³/mol. The number of hydrogen-bond acceptors (Lipinski definition) is 3. The Hall–Kier alpha value is -0.220. The van der Waals surface area contributed by atoms with Crippen molar-refractivity contribution in [1.82, 2.24) is 10.6 Å². The molecule has 3 atom stereocenters. The van der Waals surface area contributed by atoms with Crippen LogP contribution in [-0.4, -0.2) is 36.0 Å². The van der Waals surface area contributed by atoms with E-state index in [0.29, 0.717) is 0 Å². The molecule has 3 unspecified atom stereocenters. The molecule has 1 rings (SSSR count). The number of nitrogens with one attached hydrogen (secondary N) is 2. The summed E-state index contributed by atoms with van der Waals surface area (Å²) in [5.41, 5.74) is 0. The van der Waals surface area contributed by atoms with Crippen LogP contribution in [0.1, 0.15) is 33.6 Å². The van der Waals surface area contributed by atoms with Crippen molar-refractivity contribution in [1.29, 1.82) is 0 Å². The molecule has 1 aliphatic rings. The number of hydrogen-bond donors (Lipinski definition) is 2. The second kappa shape index (κ2) is 7.17. The van der Waals surface area contributed by atoms with Crippen LogP contribution < -0.4 is 10.6 Å². The van der Waals surface area contributed by atoms with Crippen molar-refractivity contribution >= 4 is 17.7 Å². The Balaban J connectivity index is 2.17. The molecule has 0 bridgehead atoms. The van der Waals surface area contributed by atoms with Crippen LogP contribution in [0, 0.1) is 5.92 Å². The van der Waals surface area contributed by atoms with Crippen molar-refractivity contribution in [2.24, 2.45) is 5.92 Å². The number of thioether (sulfide) groups is 1. The van der Waals surface area contributed by atoms with Gasteiger partial charge < -0.3 is 10.6 Å². The highest BCUT2D eigenvalue weighted by Crippen LogP contribution is 2.22. The molecule has 0 saturated carbocycles. The molecule has 1 saturated heterocycles. The predicted octanol–water partition coefficient (Wildman–Crippen LogP) is 1.63. The third-order valence-electron chi connectivity index (χ3n) is 3.13. The van der Waals surface area contributed by atoms with Crippen molar-refractivity contribution in [2.45, 2.75) is 45.7 Å². The summed E-state index contributed by atoms with van der Waals surface area (Å²) in [7, 11) is 0. The van der Waals surface area contributed by atoms with Gasteiger partial charge in [0.1, 0.15) is 0 Å². The maximum Gasteiger partial charge on any atom is 0.237 e. The van der Waals surface area contributed by atoms with E-state index < -0.39 is 0 Å². The van der Waals surface area contributed by atoms with Crippen LogP contribution in [0.5, 0.6) is 0 Å². The molecular weight excluding hydrogens is 220 g/mol. The SMILES string of the molecule is CCC(C)NC(=O)C(C)NCC1CCSC1. The first-order chi connectivity index (χ1) is 7.63. The van der Waals surface area contributed by atoms with Crippen molar-refractivity contribution in [3.05, 3.63) is 0 Å². The summed E-state index contributed by atoms with van der Waals surface area (Å²) in [6.45, 7) is 7.04. The molecular formula is C12H24N2OS. The lowest BCUT2D eigenvalue weighted by atomic mass is 10.1. The molecule has 0 aromatic heterocycles. The van der Waals surface area contributed by atoms with Crippen LogP contribution in [0.2, 0.25) is 0 Å². The van der Waals surface area contributed by atoms with E-state index in [2.05, 4.69) is 17.6 Å². The third kappa shape index (κ3) is 4.74. The number of carbonyl (C=O) groups is 1. The maximum atomic E-state index is 11.7. The fourth-order valence-corrected chi connectivity index (χ4v) is 2.93. The first-order valence-electron chi connectivity index (χ1n) is 6.25. The summed E-state index contributed by atoms with van der Waals surface area (Å²) in [4.78, 5) is 11.7.